The van der Waals surface area contributed by atoms with Crippen LogP contribution in [0.1, 0.15) is 0 Å². The van der Waals surface area contributed by atoms with Gasteiger partial charge in [-0.05, 0) is 0 Å². The Labute approximate surface area is 194 Å². The normalized spacial score (nSPS) is 5.64. The number of halogens is 2. The van der Waals surface area contributed by atoms with E-state index < -0.39 is 11.4 Å². The van der Waals surface area contributed by atoms with Gasteiger partial charge in [0.2, 0.25) is 0 Å². The van der Waals surface area contributed by atoms with Crippen LogP contribution in [-0.2, 0) is 11.4 Å². The fourth-order valence-corrected chi connectivity index (χ4v) is 0. The van der Waals surface area contributed by atoms with E-state index in [1.807, 2.05) is 0 Å². The van der Waals surface area contributed by atoms with Gasteiger partial charge in [0.1, 0.15) is 0 Å². The van der Waals surface area contributed by atoms with E-state index in [1.54, 1.807) is 0 Å². The molecule has 0 aromatic heterocycles. The summed E-state index contributed by atoms with van der Waals surface area (Å²) in [7, 11) is 0. The van der Waals surface area contributed by atoms with Crippen molar-refractivity contribution < 1.29 is 188 Å². The zero-order valence-corrected chi connectivity index (χ0v) is 19.2. The molecule has 1 atom stereocenters. The molecule has 0 amide bonds. The summed E-state index contributed by atoms with van der Waals surface area (Å²) in [6.07, 6.45) is 0. The number of hydrogen-bond acceptors (Lipinski definition) is 3. The molecule has 4 nitrogen and oxygen atoms in total. The fourth-order valence-electron chi connectivity index (χ4n) is 0. The zero-order valence-electron chi connectivity index (χ0n) is 6.88. The van der Waals surface area contributed by atoms with Gasteiger partial charge in [0, 0.05) is 0 Å². The maximum absolute atomic E-state index is 8.56. The summed E-state index contributed by atoms with van der Waals surface area (Å²) in [4.78, 5) is 0. The summed E-state index contributed by atoms with van der Waals surface area (Å²) < 4.78 is 24.1. The van der Waals surface area contributed by atoms with Crippen LogP contribution in [0.15, 0.2) is 0 Å². The molecule has 0 spiro atoms. The smallest absolute Gasteiger partial charge is 1.00 e. The molecule has 0 aliphatic heterocycles. The van der Waals surface area contributed by atoms with Gasteiger partial charge in [-0.2, -0.15) is 0 Å². The monoisotopic (exact) mass is 320 g/mol. The van der Waals surface area contributed by atoms with Crippen LogP contribution in [0.25, 0.3) is 0 Å². The number of rotatable bonds is 0. The Morgan fingerprint density at radius 1 is 1.18 bits per heavy atom. The standard InChI is InChI=1S/BrH.ClH.K.3Na.H2O3S.H2O/c;;;;;;1-4(2)3;/h2*1H;;;;;(H2,1,2,3);1H2/q;;4*+1;;/p-4. The Kier molecular flexibility index (Phi) is 226. The minimum atomic E-state index is -2.86. The van der Waals surface area contributed by atoms with Crippen LogP contribution >= 0.6 is 0 Å². The van der Waals surface area contributed by atoms with Gasteiger partial charge in [0.05, 0.1) is 11.4 Å². The average molecular weight is 322 g/mol. The molecule has 0 aliphatic carbocycles. The van der Waals surface area contributed by atoms with Gasteiger partial charge >= 0.3 is 140 Å². The van der Waals surface area contributed by atoms with Gasteiger partial charge in [-0.3, -0.25) is 0 Å². The van der Waals surface area contributed by atoms with Crippen LogP contribution in [0, 0.1) is 0 Å². The van der Waals surface area contributed by atoms with Crippen molar-refractivity contribution in [3.8, 4) is 0 Å². The molecule has 0 fully saturated rings. The first-order valence-corrected chi connectivity index (χ1v) is 1.55. The Balaban J connectivity index is -0.00000000214. The van der Waals surface area contributed by atoms with E-state index in [0.29, 0.717) is 0 Å². The largest absolute Gasteiger partial charge is 1.00 e. The zero-order chi connectivity index (χ0) is 3.58. The Hall–Kier alpha value is 5.44. The quantitative estimate of drug-likeness (QED) is 0.354. The topological polar surface area (TPSA) is 90.4 Å². The summed E-state index contributed by atoms with van der Waals surface area (Å²) in [5, 5.41) is 0. The van der Waals surface area contributed by atoms with Crippen molar-refractivity contribution in [3.05, 3.63) is 0 Å². The van der Waals surface area contributed by atoms with E-state index in [4.69, 9.17) is 13.3 Å². The maximum atomic E-state index is 8.56. The van der Waals surface area contributed by atoms with Crippen molar-refractivity contribution in [2.24, 2.45) is 0 Å². The van der Waals surface area contributed by atoms with Crippen molar-refractivity contribution in [1.82, 2.24) is 0 Å². The summed E-state index contributed by atoms with van der Waals surface area (Å²) in [5.74, 6) is 0. The summed E-state index contributed by atoms with van der Waals surface area (Å²) in [6, 6.07) is 0. The van der Waals surface area contributed by atoms with Crippen molar-refractivity contribution in [2.45, 2.75) is 0 Å². The van der Waals surface area contributed by atoms with Gasteiger partial charge in [-0.25, -0.2) is 4.21 Å². The maximum Gasteiger partial charge on any atom is 1.00 e. The van der Waals surface area contributed by atoms with E-state index >= 15 is 0 Å². The fraction of sp³-hybridized carbons (Fsp3) is 0. The molecule has 0 bridgehead atoms. The number of hydrogen-bond donors (Lipinski definition) is 1. The van der Waals surface area contributed by atoms with Gasteiger partial charge in [0.25, 0.3) is 0 Å². The molecule has 11 heavy (non-hydrogen) atoms. The van der Waals surface area contributed by atoms with E-state index in [9.17, 15) is 0 Å². The van der Waals surface area contributed by atoms with Crippen LogP contribution in [0.2, 0.25) is 0 Å². The second-order valence-corrected chi connectivity index (χ2v) is 0.651. The first-order chi connectivity index (χ1) is 1.73. The van der Waals surface area contributed by atoms with Crippen molar-refractivity contribution in [1.29, 1.82) is 0 Å². The summed E-state index contributed by atoms with van der Waals surface area (Å²) in [5.41, 5.74) is 0. The van der Waals surface area contributed by atoms with Crippen LogP contribution < -0.4 is 169 Å². The van der Waals surface area contributed by atoms with E-state index in [-0.39, 0.29) is 175 Å². The summed E-state index contributed by atoms with van der Waals surface area (Å²) in [6.45, 7) is 0. The Morgan fingerprint density at radius 3 is 1.18 bits per heavy atom. The molecular weight excluding hydrogens is 319 g/mol. The Bertz CT molecular complexity index is 48.3. The molecule has 0 saturated heterocycles. The summed E-state index contributed by atoms with van der Waals surface area (Å²) >= 11 is -2.86. The second-order valence-electron chi connectivity index (χ2n) is 0.217. The van der Waals surface area contributed by atoms with E-state index in [1.165, 1.54) is 0 Å². The molecule has 0 aromatic rings. The first-order valence-electron chi connectivity index (χ1n) is 0.516. The average Bonchev–Trinajstić information content (AvgIpc) is 0.811. The minimum Gasteiger partial charge on any atom is -1.00 e. The predicted octanol–water partition coefficient (Wildman–Crippen LogP) is -18.8. The van der Waals surface area contributed by atoms with E-state index in [0.717, 1.165) is 0 Å². The van der Waals surface area contributed by atoms with Crippen LogP contribution in [0.3, 0.4) is 0 Å². The molecule has 0 rings (SSSR count). The van der Waals surface area contributed by atoms with Crippen molar-refractivity contribution in [3.63, 3.8) is 0 Å². The third-order valence-electron chi connectivity index (χ3n) is 0. The first kappa shape index (κ1) is 55.0. The van der Waals surface area contributed by atoms with Crippen LogP contribution in [-0.4, -0.2) is 18.8 Å². The predicted molar refractivity (Wildman–Crippen MR) is 13.5 cm³/mol. The molecule has 1 unspecified atom stereocenters. The molecule has 2 N–H and O–H groups in total. The van der Waals surface area contributed by atoms with Crippen LogP contribution in [0.4, 0.5) is 0 Å². The molecule has 0 aliphatic rings. The molecule has 50 valence electrons. The molecular formula is H2BrClKNa3O4S. The SMILES string of the molecule is O=S([O-])O.[Br-].[Cl-].[K+].[Na+].[Na+].[Na+].[OH-]. The van der Waals surface area contributed by atoms with E-state index in [2.05, 4.69) is 0 Å². The minimum absolute atomic E-state index is 0. The van der Waals surface area contributed by atoms with Crippen molar-refractivity contribution in [2.75, 3.05) is 0 Å². The molecule has 0 heterocycles. The van der Waals surface area contributed by atoms with Gasteiger partial charge in [-0.15, -0.1) is 0 Å². The molecule has 0 saturated carbocycles. The molecule has 0 radical (unpaired) electrons. The van der Waals surface area contributed by atoms with Crippen molar-refractivity contribution >= 4 is 11.4 Å². The Morgan fingerprint density at radius 2 is 1.18 bits per heavy atom. The second kappa shape index (κ2) is 45.2. The molecule has 0 aromatic carbocycles. The van der Waals surface area contributed by atoms with Crippen LogP contribution in [0.5, 0.6) is 0 Å². The molecule has 11 heteroatoms. The third-order valence-corrected chi connectivity index (χ3v) is 0. The van der Waals surface area contributed by atoms with Gasteiger partial charge in [0.15, 0.2) is 0 Å². The van der Waals surface area contributed by atoms with Gasteiger partial charge in [-0.1, -0.05) is 0 Å². The third kappa shape index (κ3) is 94.3. The van der Waals surface area contributed by atoms with Gasteiger partial charge < -0.3 is 44.0 Å².